The Bertz CT molecular complexity index is 902. The predicted molar refractivity (Wildman–Crippen MR) is 110 cm³/mol. The number of H-pyrrole nitrogens is 1. The maximum absolute atomic E-state index is 5.70. The number of hydrogen-bond acceptors (Lipinski definition) is 6. The molecule has 7 nitrogen and oxygen atoms in total. The van der Waals surface area contributed by atoms with Gasteiger partial charge in [-0.3, -0.25) is 10.1 Å². The molecule has 2 N–H and O–H groups in total. The van der Waals surface area contributed by atoms with E-state index in [1.807, 2.05) is 6.07 Å². The Morgan fingerprint density at radius 3 is 2.75 bits per heavy atom. The maximum atomic E-state index is 5.70. The Morgan fingerprint density at radius 2 is 2.04 bits per heavy atom. The Hall–Kier alpha value is -2.93. The van der Waals surface area contributed by atoms with Crippen molar-refractivity contribution in [1.29, 1.82) is 0 Å². The normalized spacial score (nSPS) is 15.5. The summed E-state index contributed by atoms with van der Waals surface area (Å²) in [6, 6.07) is 8.48. The average Bonchev–Trinajstić information content (AvgIpc) is 3.22. The third kappa shape index (κ3) is 3.99. The predicted octanol–water partition coefficient (Wildman–Crippen LogP) is 3.82. The highest BCUT2D eigenvalue weighted by atomic mass is 16.5. The number of ether oxygens (including phenoxy) is 1. The number of benzene rings is 1. The first-order valence-corrected chi connectivity index (χ1v) is 9.76. The SMILES string of the molecule is CCN1CCC(c2ccc(-c3cc(Nc4cnccn4)n[nH]3)c(OC)c2)CC1. The van der Waals surface area contributed by atoms with E-state index in [0.717, 1.165) is 23.6 Å². The monoisotopic (exact) mass is 378 g/mol. The zero-order valence-electron chi connectivity index (χ0n) is 16.4. The zero-order valence-corrected chi connectivity index (χ0v) is 16.4. The summed E-state index contributed by atoms with van der Waals surface area (Å²) in [5.74, 6) is 2.81. The molecule has 1 fully saturated rings. The van der Waals surface area contributed by atoms with Crippen LogP contribution in [0.3, 0.4) is 0 Å². The minimum Gasteiger partial charge on any atom is -0.496 e. The molecular formula is C21H26N6O. The second-order valence-electron chi connectivity index (χ2n) is 7.05. The lowest BCUT2D eigenvalue weighted by molar-refractivity contribution is 0.222. The Labute approximate surface area is 165 Å². The first-order chi connectivity index (χ1) is 13.8. The van der Waals surface area contributed by atoms with Gasteiger partial charge >= 0.3 is 0 Å². The van der Waals surface area contributed by atoms with Crippen molar-refractivity contribution in [1.82, 2.24) is 25.1 Å². The van der Waals surface area contributed by atoms with Crippen LogP contribution in [0.1, 0.15) is 31.2 Å². The second kappa shape index (κ2) is 8.39. The molecule has 1 saturated heterocycles. The van der Waals surface area contributed by atoms with Crippen molar-refractivity contribution in [3.05, 3.63) is 48.4 Å². The van der Waals surface area contributed by atoms with Crippen molar-refractivity contribution in [3.8, 4) is 17.0 Å². The number of hydrogen-bond donors (Lipinski definition) is 2. The molecule has 0 aliphatic carbocycles. The minimum atomic E-state index is 0.599. The van der Waals surface area contributed by atoms with Crippen LogP contribution in [0.25, 0.3) is 11.3 Å². The molecule has 1 aliphatic heterocycles. The van der Waals surface area contributed by atoms with Crippen molar-refractivity contribution >= 4 is 11.6 Å². The Morgan fingerprint density at radius 1 is 1.18 bits per heavy atom. The van der Waals surface area contributed by atoms with Gasteiger partial charge in [0, 0.05) is 24.0 Å². The van der Waals surface area contributed by atoms with Crippen LogP contribution in [0.2, 0.25) is 0 Å². The number of methoxy groups -OCH3 is 1. The van der Waals surface area contributed by atoms with Crippen LogP contribution in [-0.4, -0.2) is 51.8 Å². The first-order valence-electron chi connectivity index (χ1n) is 9.76. The molecule has 0 amide bonds. The molecule has 146 valence electrons. The van der Waals surface area contributed by atoms with E-state index in [1.165, 1.54) is 31.5 Å². The van der Waals surface area contributed by atoms with Crippen LogP contribution < -0.4 is 10.1 Å². The van der Waals surface area contributed by atoms with Gasteiger partial charge in [0.1, 0.15) is 11.6 Å². The average molecular weight is 378 g/mol. The van der Waals surface area contributed by atoms with Crippen LogP contribution >= 0.6 is 0 Å². The van der Waals surface area contributed by atoms with Crippen molar-refractivity contribution < 1.29 is 4.74 Å². The van der Waals surface area contributed by atoms with Gasteiger partial charge in [-0.15, -0.1) is 0 Å². The molecule has 1 aliphatic rings. The third-order valence-corrected chi connectivity index (χ3v) is 5.42. The zero-order chi connectivity index (χ0) is 19.3. The summed E-state index contributed by atoms with van der Waals surface area (Å²) in [6.45, 7) is 5.71. The number of likely N-dealkylation sites (tertiary alicyclic amines) is 1. The van der Waals surface area contributed by atoms with Crippen molar-refractivity contribution in [3.63, 3.8) is 0 Å². The van der Waals surface area contributed by atoms with Crippen LogP contribution in [0, 0.1) is 0 Å². The number of aromatic nitrogens is 4. The van der Waals surface area contributed by atoms with E-state index in [1.54, 1.807) is 25.7 Å². The number of anilines is 2. The number of aromatic amines is 1. The molecule has 7 heteroatoms. The van der Waals surface area contributed by atoms with Gasteiger partial charge in [-0.2, -0.15) is 5.10 Å². The van der Waals surface area contributed by atoms with E-state index in [4.69, 9.17) is 4.74 Å². The van der Waals surface area contributed by atoms with E-state index >= 15 is 0 Å². The van der Waals surface area contributed by atoms with E-state index < -0.39 is 0 Å². The Kier molecular flexibility index (Phi) is 5.53. The number of nitrogens with one attached hydrogen (secondary N) is 2. The lowest BCUT2D eigenvalue weighted by Crippen LogP contribution is -2.32. The molecule has 4 rings (SSSR count). The number of rotatable bonds is 6. The van der Waals surface area contributed by atoms with Gasteiger partial charge in [-0.1, -0.05) is 13.0 Å². The van der Waals surface area contributed by atoms with E-state index in [0.29, 0.717) is 17.6 Å². The highest BCUT2D eigenvalue weighted by Crippen LogP contribution is 2.36. The standard InChI is InChI=1S/C21H26N6O/c1-3-27-10-6-15(7-11-27)16-4-5-17(19(12-16)28-2)18-13-20(26-25-18)24-21-14-22-8-9-23-21/h4-5,8-9,12-15H,3,6-7,10-11H2,1-2H3,(H2,23,24,25,26). The summed E-state index contributed by atoms with van der Waals surface area (Å²) in [5.41, 5.74) is 3.25. The topological polar surface area (TPSA) is 79.0 Å². The van der Waals surface area contributed by atoms with Crippen molar-refractivity contribution in [2.24, 2.45) is 0 Å². The van der Waals surface area contributed by atoms with Crippen molar-refractivity contribution in [2.45, 2.75) is 25.7 Å². The minimum absolute atomic E-state index is 0.599. The van der Waals surface area contributed by atoms with E-state index in [2.05, 4.69) is 55.5 Å². The summed E-state index contributed by atoms with van der Waals surface area (Å²) in [6.07, 6.45) is 7.34. The number of nitrogens with zero attached hydrogens (tertiary/aromatic N) is 4. The van der Waals surface area contributed by atoms with Crippen LogP contribution in [0.5, 0.6) is 5.75 Å². The fourth-order valence-electron chi connectivity index (χ4n) is 3.79. The lowest BCUT2D eigenvalue weighted by Gasteiger charge is -2.31. The van der Waals surface area contributed by atoms with Gasteiger partial charge in [-0.25, -0.2) is 4.98 Å². The summed E-state index contributed by atoms with van der Waals surface area (Å²) in [7, 11) is 1.72. The molecule has 0 bridgehead atoms. The highest BCUT2D eigenvalue weighted by Gasteiger charge is 2.21. The van der Waals surface area contributed by atoms with E-state index in [-0.39, 0.29) is 0 Å². The molecule has 28 heavy (non-hydrogen) atoms. The van der Waals surface area contributed by atoms with Crippen LogP contribution in [0.15, 0.2) is 42.9 Å². The highest BCUT2D eigenvalue weighted by molar-refractivity contribution is 5.71. The Balaban J connectivity index is 1.52. The summed E-state index contributed by atoms with van der Waals surface area (Å²) in [4.78, 5) is 10.8. The van der Waals surface area contributed by atoms with E-state index in [9.17, 15) is 0 Å². The summed E-state index contributed by atoms with van der Waals surface area (Å²) in [5, 5.41) is 10.6. The van der Waals surface area contributed by atoms with Crippen LogP contribution in [-0.2, 0) is 0 Å². The quantitative estimate of drug-likeness (QED) is 0.679. The molecule has 0 spiro atoms. The van der Waals surface area contributed by atoms with Crippen LogP contribution in [0.4, 0.5) is 11.6 Å². The van der Waals surface area contributed by atoms with Gasteiger partial charge in [0.2, 0.25) is 0 Å². The summed E-state index contributed by atoms with van der Waals surface area (Å²) < 4.78 is 5.70. The lowest BCUT2D eigenvalue weighted by atomic mass is 9.88. The molecule has 0 radical (unpaired) electrons. The summed E-state index contributed by atoms with van der Waals surface area (Å²) >= 11 is 0. The molecule has 3 aromatic rings. The molecule has 0 unspecified atom stereocenters. The fourth-order valence-corrected chi connectivity index (χ4v) is 3.79. The molecule has 0 atom stereocenters. The number of piperidine rings is 1. The third-order valence-electron chi connectivity index (χ3n) is 5.42. The molecular weight excluding hydrogens is 352 g/mol. The second-order valence-corrected chi connectivity index (χ2v) is 7.05. The molecule has 1 aromatic carbocycles. The van der Waals surface area contributed by atoms with Gasteiger partial charge < -0.3 is 15.0 Å². The fraction of sp³-hybridized carbons (Fsp3) is 0.381. The molecule has 3 heterocycles. The molecule has 2 aromatic heterocycles. The smallest absolute Gasteiger partial charge is 0.153 e. The largest absolute Gasteiger partial charge is 0.496 e. The van der Waals surface area contributed by atoms with Gasteiger partial charge in [0.05, 0.1) is 19.0 Å². The first kappa shape index (κ1) is 18.4. The van der Waals surface area contributed by atoms with Gasteiger partial charge in [0.15, 0.2) is 5.82 Å². The van der Waals surface area contributed by atoms with Crippen molar-refractivity contribution in [2.75, 3.05) is 32.1 Å². The molecule has 0 saturated carbocycles. The van der Waals surface area contributed by atoms with Gasteiger partial charge in [0.25, 0.3) is 0 Å². The van der Waals surface area contributed by atoms with Gasteiger partial charge in [-0.05, 0) is 56.1 Å². The maximum Gasteiger partial charge on any atom is 0.153 e.